The van der Waals surface area contributed by atoms with Crippen LogP contribution in [-0.2, 0) is 9.63 Å². The van der Waals surface area contributed by atoms with Crippen molar-refractivity contribution in [2.75, 3.05) is 20.3 Å². The number of ether oxygens (including phenoxy) is 2. The molecule has 0 radical (unpaired) electrons. The lowest BCUT2D eigenvalue weighted by molar-refractivity contribution is -0.136. The van der Waals surface area contributed by atoms with Gasteiger partial charge in [0, 0.05) is 18.3 Å². The number of hydrogen-bond acceptors (Lipinski definition) is 7. The number of amides is 1. The van der Waals surface area contributed by atoms with Gasteiger partial charge in [-0.2, -0.15) is 5.10 Å². The number of methoxy groups -OCH3 is 1. The van der Waals surface area contributed by atoms with Crippen LogP contribution in [0, 0.1) is 0 Å². The van der Waals surface area contributed by atoms with Crippen LogP contribution >= 0.6 is 0 Å². The molecule has 0 fully saturated rings. The zero-order chi connectivity index (χ0) is 22.1. The van der Waals surface area contributed by atoms with Crippen molar-refractivity contribution in [2.45, 2.75) is 32.6 Å². The molecule has 0 bridgehead atoms. The molecule has 164 valence electrons. The Labute approximate surface area is 181 Å². The molecule has 1 aliphatic rings. The number of unbranched alkanes of at least 4 members (excludes halogenated alkanes) is 1. The fourth-order valence-corrected chi connectivity index (χ4v) is 3.00. The van der Waals surface area contributed by atoms with Gasteiger partial charge in [-0.25, -0.2) is 5.01 Å². The fraction of sp³-hybridized carbons (Fsp3) is 0.348. The SMILES string of the molecule is CCC/C=N/OCC(=O)N1CCCC(c2ccc(OC)c(Oc3ccc(O)cc3)c2)=N1. The minimum absolute atomic E-state index is 0.144. The quantitative estimate of drug-likeness (QED) is 0.477. The zero-order valence-electron chi connectivity index (χ0n) is 17.8. The van der Waals surface area contributed by atoms with Gasteiger partial charge in [0.15, 0.2) is 18.1 Å². The van der Waals surface area contributed by atoms with Crippen LogP contribution in [0.2, 0.25) is 0 Å². The summed E-state index contributed by atoms with van der Waals surface area (Å²) in [6.07, 6.45) is 4.98. The molecule has 2 aromatic rings. The van der Waals surface area contributed by atoms with Crippen LogP contribution < -0.4 is 9.47 Å². The minimum atomic E-state index is -0.236. The van der Waals surface area contributed by atoms with Crippen molar-refractivity contribution < 1.29 is 24.2 Å². The molecular formula is C23H27N3O5. The highest BCUT2D eigenvalue weighted by Crippen LogP contribution is 2.33. The summed E-state index contributed by atoms with van der Waals surface area (Å²) in [6, 6.07) is 12.0. The first-order valence-electron chi connectivity index (χ1n) is 10.3. The van der Waals surface area contributed by atoms with Crippen molar-refractivity contribution in [2.24, 2.45) is 10.3 Å². The van der Waals surface area contributed by atoms with Crippen molar-refractivity contribution >= 4 is 17.8 Å². The number of hydrogen-bond donors (Lipinski definition) is 1. The number of carbonyl (C=O) groups excluding carboxylic acids is 1. The second-order valence-electron chi connectivity index (χ2n) is 6.98. The standard InChI is InChI=1S/C23H27N3O5/c1-3-4-13-24-30-16-23(28)26-14-5-6-20(25-26)17-7-12-21(29-2)22(15-17)31-19-10-8-18(27)9-11-19/h7-13,15,27H,3-6,14,16H2,1-2H3/b24-13+. The average Bonchev–Trinajstić information content (AvgIpc) is 2.80. The first kappa shape index (κ1) is 22.1. The number of aromatic hydroxyl groups is 1. The number of rotatable bonds is 9. The topological polar surface area (TPSA) is 93.0 Å². The van der Waals surface area contributed by atoms with Crippen molar-refractivity contribution in [1.82, 2.24) is 5.01 Å². The Balaban J connectivity index is 1.74. The summed E-state index contributed by atoms with van der Waals surface area (Å²) in [6.45, 7) is 2.44. The van der Waals surface area contributed by atoms with E-state index in [1.54, 1.807) is 43.7 Å². The number of hydrazone groups is 1. The highest BCUT2D eigenvalue weighted by molar-refractivity contribution is 6.02. The largest absolute Gasteiger partial charge is 0.508 e. The molecular weight excluding hydrogens is 398 g/mol. The number of oxime groups is 1. The van der Waals surface area contributed by atoms with Gasteiger partial charge in [-0.05, 0) is 61.7 Å². The van der Waals surface area contributed by atoms with Gasteiger partial charge in [-0.15, -0.1) is 0 Å². The predicted molar refractivity (Wildman–Crippen MR) is 118 cm³/mol. The number of phenolic OH excluding ortho intramolecular Hbond substituents is 1. The lowest BCUT2D eigenvalue weighted by Gasteiger charge is -2.23. The predicted octanol–water partition coefficient (Wildman–Crippen LogP) is 4.32. The summed E-state index contributed by atoms with van der Waals surface area (Å²) < 4.78 is 11.3. The maximum atomic E-state index is 12.4. The number of phenols is 1. The lowest BCUT2D eigenvalue weighted by atomic mass is 10.0. The van der Waals surface area contributed by atoms with Gasteiger partial charge in [-0.3, -0.25) is 4.79 Å². The Morgan fingerprint density at radius 1 is 1.23 bits per heavy atom. The molecule has 0 saturated heterocycles. The number of benzene rings is 2. The second kappa shape index (κ2) is 11.0. The first-order valence-corrected chi connectivity index (χ1v) is 10.3. The number of carbonyl (C=O) groups is 1. The summed E-state index contributed by atoms with van der Waals surface area (Å²) in [5.74, 6) is 1.58. The molecule has 0 unspecified atom stereocenters. The molecule has 0 atom stereocenters. The van der Waals surface area contributed by atoms with Gasteiger partial charge in [0.2, 0.25) is 0 Å². The first-order chi connectivity index (χ1) is 15.1. The van der Waals surface area contributed by atoms with Gasteiger partial charge in [-0.1, -0.05) is 18.5 Å². The highest BCUT2D eigenvalue weighted by Gasteiger charge is 2.21. The van der Waals surface area contributed by atoms with Crippen molar-refractivity contribution in [3.8, 4) is 23.0 Å². The third-order valence-electron chi connectivity index (χ3n) is 4.63. The molecule has 8 nitrogen and oxygen atoms in total. The van der Waals surface area contributed by atoms with E-state index in [4.69, 9.17) is 14.3 Å². The molecule has 0 spiro atoms. The summed E-state index contributed by atoms with van der Waals surface area (Å²) in [5, 5.41) is 19.2. The van der Waals surface area contributed by atoms with E-state index in [-0.39, 0.29) is 18.3 Å². The second-order valence-corrected chi connectivity index (χ2v) is 6.98. The lowest BCUT2D eigenvalue weighted by Crippen LogP contribution is -2.34. The van der Waals surface area contributed by atoms with Crippen molar-refractivity contribution in [1.29, 1.82) is 0 Å². The molecule has 1 aliphatic heterocycles. The molecule has 1 heterocycles. The molecule has 0 aliphatic carbocycles. The van der Waals surface area contributed by atoms with Crippen LogP contribution in [0.3, 0.4) is 0 Å². The maximum Gasteiger partial charge on any atom is 0.283 e. The summed E-state index contributed by atoms with van der Waals surface area (Å²) in [4.78, 5) is 17.5. The molecule has 0 saturated carbocycles. The van der Waals surface area contributed by atoms with E-state index in [1.807, 2.05) is 19.1 Å². The van der Waals surface area contributed by atoms with Crippen LogP contribution in [0.1, 0.15) is 38.2 Å². The monoisotopic (exact) mass is 425 g/mol. The van der Waals surface area contributed by atoms with Crippen LogP contribution in [0.15, 0.2) is 52.7 Å². The van der Waals surface area contributed by atoms with Gasteiger partial charge < -0.3 is 19.4 Å². The Bertz CT molecular complexity index is 941. The zero-order valence-corrected chi connectivity index (χ0v) is 17.8. The van der Waals surface area contributed by atoms with Crippen LogP contribution in [0.4, 0.5) is 0 Å². The normalized spacial score (nSPS) is 13.7. The van der Waals surface area contributed by atoms with E-state index in [2.05, 4.69) is 10.3 Å². The van der Waals surface area contributed by atoms with E-state index in [0.717, 1.165) is 37.0 Å². The summed E-state index contributed by atoms with van der Waals surface area (Å²) in [7, 11) is 1.57. The highest BCUT2D eigenvalue weighted by atomic mass is 16.6. The van der Waals surface area contributed by atoms with E-state index < -0.39 is 0 Å². The third kappa shape index (κ3) is 6.21. The Morgan fingerprint density at radius 3 is 2.77 bits per heavy atom. The van der Waals surface area contributed by atoms with Crippen molar-refractivity contribution in [3.63, 3.8) is 0 Å². The smallest absolute Gasteiger partial charge is 0.283 e. The fourth-order valence-electron chi connectivity index (χ4n) is 3.00. The Hall–Kier alpha value is -3.55. The molecule has 0 aromatic heterocycles. The Morgan fingerprint density at radius 2 is 2.03 bits per heavy atom. The minimum Gasteiger partial charge on any atom is -0.508 e. The van der Waals surface area contributed by atoms with Crippen molar-refractivity contribution in [3.05, 3.63) is 48.0 Å². The molecule has 31 heavy (non-hydrogen) atoms. The van der Waals surface area contributed by atoms with Gasteiger partial charge >= 0.3 is 0 Å². The Kier molecular flexibility index (Phi) is 7.86. The molecule has 1 amide bonds. The van der Waals surface area contributed by atoms with E-state index in [9.17, 15) is 9.90 Å². The van der Waals surface area contributed by atoms with E-state index >= 15 is 0 Å². The van der Waals surface area contributed by atoms with E-state index in [0.29, 0.717) is 23.8 Å². The molecule has 2 aromatic carbocycles. The average molecular weight is 425 g/mol. The number of nitrogens with zero attached hydrogens (tertiary/aromatic N) is 3. The molecule has 8 heteroatoms. The van der Waals surface area contributed by atoms with Crippen LogP contribution in [0.5, 0.6) is 23.0 Å². The summed E-state index contributed by atoms with van der Waals surface area (Å²) >= 11 is 0. The molecule has 1 N–H and O–H groups in total. The van der Waals surface area contributed by atoms with Crippen LogP contribution in [-0.4, -0.2) is 48.2 Å². The maximum absolute atomic E-state index is 12.4. The van der Waals surface area contributed by atoms with Gasteiger partial charge in [0.25, 0.3) is 5.91 Å². The van der Waals surface area contributed by atoms with Crippen LogP contribution in [0.25, 0.3) is 0 Å². The summed E-state index contributed by atoms with van der Waals surface area (Å²) in [5.41, 5.74) is 1.63. The van der Waals surface area contributed by atoms with E-state index in [1.165, 1.54) is 5.01 Å². The van der Waals surface area contributed by atoms with Gasteiger partial charge in [0.05, 0.1) is 12.8 Å². The van der Waals surface area contributed by atoms with Gasteiger partial charge in [0.1, 0.15) is 11.5 Å². The molecule has 3 rings (SSSR count). The third-order valence-corrected chi connectivity index (χ3v) is 4.63.